The maximum absolute atomic E-state index is 11.8. The van der Waals surface area contributed by atoms with E-state index < -0.39 is 16.9 Å². The maximum atomic E-state index is 11.8. The van der Waals surface area contributed by atoms with Gasteiger partial charge < -0.3 is 4.42 Å². The van der Waals surface area contributed by atoms with Gasteiger partial charge in [-0.3, -0.25) is 14.8 Å². The molecule has 0 spiro atoms. The maximum Gasteiger partial charge on any atom is 0.364 e. The SMILES string of the molecule is O=c1[nH]c(=O)c2nc(-c3ccc(Cl)cc3)oc(=O)c2[nH]1. The van der Waals surface area contributed by atoms with E-state index in [4.69, 9.17) is 16.0 Å². The van der Waals surface area contributed by atoms with Gasteiger partial charge in [0.25, 0.3) is 5.56 Å². The van der Waals surface area contributed by atoms with Gasteiger partial charge in [0.2, 0.25) is 5.89 Å². The summed E-state index contributed by atoms with van der Waals surface area (Å²) >= 11 is 5.76. The number of fused-ring (bicyclic) bond motifs is 1. The van der Waals surface area contributed by atoms with Crippen molar-refractivity contribution < 1.29 is 4.42 Å². The van der Waals surface area contributed by atoms with Crippen molar-refractivity contribution in [3.05, 3.63) is 60.5 Å². The van der Waals surface area contributed by atoms with Gasteiger partial charge in [-0.2, -0.15) is 0 Å². The molecule has 7 nitrogen and oxygen atoms in total. The molecule has 0 atom stereocenters. The molecule has 3 rings (SSSR count). The van der Waals surface area contributed by atoms with Crippen LogP contribution in [-0.4, -0.2) is 15.0 Å². The summed E-state index contributed by atoms with van der Waals surface area (Å²) in [6.07, 6.45) is 0. The van der Waals surface area contributed by atoms with E-state index in [1.807, 2.05) is 4.98 Å². The highest BCUT2D eigenvalue weighted by Gasteiger charge is 2.12. The minimum absolute atomic E-state index is 0.0308. The quantitative estimate of drug-likeness (QED) is 0.692. The highest BCUT2D eigenvalue weighted by molar-refractivity contribution is 6.30. The number of rotatable bonds is 1. The average molecular weight is 292 g/mol. The number of nitrogens with zero attached hydrogens (tertiary/aromatic N) is 1. The third-order valence-corrected chi connectivity index (χ3v) is 2.87. The standard InChI is InChI=1S/C12H6ClN3O4/c13-6-3-1-5(2-4-6)10-14-7-8(11(18)20-10)15-12(19)16-9(7)17/h1-4H,(H2,15,16,17,19). The number of aromatic amines is 2. The van der Waals surface area contributed by atoms with Crippen LogP contribution in [0.3, 0.4) is 0 Å². The van der Waals surface area contributed by atoms with Gasteiger partial charge in [-0.25, -0.2) is 14.6 Å². The minimum Gasteiger partial charge on any atom is -0.402 e. The lowest BCUT2D eigenvalue weighted by Gasteiger charge is -2.00. The summed E-state index contributed by atoms with van der Waals surface area (Å²) in [6, 6.07) is 6.39. The second-order valence-corrected chi connectivity index (χ2v) is 4.38. The normalized spacial score (nSPS) is 10.8. The van der Waals surface area contributed by atoms with Gasteiger partial charge in [0.1, 0.15) is 0 Å². The Labute approximate surface area is 114 Å². The number of H-pyrrole nitrogens is 2. The lowest BCUT2D eigenvalue weighted by Crippen LogP contribution is -2.26. The van der Waals surface area contributed by atoms with Crippen LogP contribution in [0.1, 0.15) is 0 Å². The van der Waals surface area contributed by atoms with Gasteiger partial charge in [0.15, 0.2) is 11.0 Å². The van der Waals surface area contributed by atoms with Crippen LogP contribution < -0.4 is 16.9 Å². The summed E-state index contributed by atoms with van der Waals surface area (Å²) in [5.41, 5.74) is -2.37. The summed E-state index contributed by atoms with van der Waals surface area (Å²) < 4.78 is 4.99. The molecule has 0 aliphatic carbocycles. The van der Waals surface area contributed by atoms with Crippen molar-refractivity contribution >= 4 is 22.6 Å². The van der Waals surface area contributed by atoms with Crippen LogP contribution in [0.25, 0.3) is 22.5 Å². The first-order chi connectivity index (χ1) is 9.54. The predicted octanol–water partition coefficient (Wildman–Crippen LogP) is 0.885. The molecule has 8 heteroatoms. The van der Waals surface area contributed by atoms with Gasteiger partial charge in [-0.15, -0.1) is 0 Å². The van der Waals surface area contributed by atoms with Crippen LogP contribution in [0.5, 0.6) is 0 Å². The second kappa shape index (κ2) is 4.46. The van der Waals surface area contributed by atoms with Gasteiger partial charge in [0.05, 0.1) is 0 Å². The van der Waals surface area contributed by atoms with Crippen molar-refractivity contribution in [1.82, 2.24) is 15.0 Å². The zero-order valence-electron chi connectivity index (χ0n) is 9.77. The Kier molecular flexibility index (Phi) is 2.76. The summed E-state index contributed by atoms with van der Waals surface area (Å²) in [5, 5.41) is 0.513. The molecule has 0 bridgehead atoms. The molecule has 1 aromatic carbocycles. The lowest BCUT2D eigenvalue weighted by atomic mass is 10.2. The third-order valence-electron chi connectivity index (χ3n) is 2.62. The molecule has 2 aromatic heterocycles. The van der Waals surface area contributed by atoms with Crippen molar-refractivity contribution in [1.29, 1.82) is 0 Å². The van der Waals surface area contributed by atoms with Crippen molar-refractivity contribution in [3.63, 3.8) is 0 Å². The molecule has 0 amide bonds. The molecule has 0 aliphatic heterocycles. The molecule has 0 saturated carbocycles. The van der Waals surface area contributed by atoms with E-state index >= 15 is 0 Å². The number of halogens is 1. The molecule has 3 aromatic rings. The Bertz CT molecular complexity index is 969. The molecule has 20 heavy (non-hydrogen) atoms. The monoisotopic (exact) mass is 291 g/mol. The predicted molar refractivity (Wildman–Crippen MR) is 72.0 cm³/mol. The zero-order valence-corrected chi connectivity index (χ0v) is 10.5. The highest BCUT2D eigenvalue weighted by atomic mass is 35.5. The summed E-state index contributed by atoms with van der Waals surface area (Å²) in [4.78, 5) is 42.7. The molecular weight excluding hydrogens is 286 g/mol. The Morgan fingerprint density at radius 2 is 1.75 bits per heavy atom. The van der Waals surface area contributed by atoms with E-state index in [9.17, 15) is 14.4 Å². The largest absolute Gasteiger partial charge is 0.402 e. The molecule has 0 aliphatic rings. The Hall–Kier alpha value is -2.67. The van der Waals surface area contributed by atoms with Gasteiger partial charge in [-0.1, -0.05) is 11.6 Å². The first-order valence-corrected chi connectivity index (χ1v) is 5.86. The van der Waals surface area contributed by atoms with Crippen LogP contribution in [0.2, 0.25) is 5.02 Å². The van der Waals surface area contributed by atoms with E-state index in [1.165, 1.54) is 0 Å². The average Bonchev–Trinajstić information content (AvgIpc) is 2.40. The molecule has 2 N–H and O–H groups in total. The first kappa shape index (κ1) is 12.4. The zero-order chi connectivity index (χ0) is 14.3. The number of benzene rings is 1. The van der Waals surface area contributed by atoms with Crippen LogP contribution in [0, 0.1) is 0 Å². The fourth-order valence-electron chi connectivity index (χ4n) is 1.71. The van der Waals surface area contributed by atoms with Crippen LogP contribution in [-0.2, 0) is 0 Å². The fourth-order valence-corrected chi connectivity index (χ4v) is 1.84. The van der Waals surface area contributed by atoms with Gasteiger partial charge in [-0.05, 0) is 24.3 Å². The van der Waals surface area contributed by atoms with Gasteiger partial charge in [0, 0.05) is 10.6 Å². The topological polar surface area (TPSA) is 109 Å². The van der Waals surface area contributed by atoms with Crippen LogP contribution in [0.15, 0.2) is 43.1 Å². The van der Waals surface area contributed by atoms with Gasteiger partial charge >= 0.3 is 11.3 Å². The summed E-state index contributed by atoms with van der Waals surface area (Å²) in [6.45, 7) is 0. The van der Waals surface area contributed by atoms with Crippen molar-refractivity contribution in [2.24, 2.45) is 0 Å². The minimum atomic E-state index is -0.844. The number of nitrogens with one attached hydrogen (secondary N) is 2. The lowest BCUT2D eigenvalue weighted by molar-refractivity contribution is 0.516. The van der Waals surface area contributed by atoms with E-state index in [-0.39, 0.29) is 16.9 Å². The number of hydrogen-bond acceptors (Lipinski definition) is 5. The van der Waals surface area contributed by atoms with Crippen molar-refractivity contribution in [2.75, 3.05) is 0 Å². The molecular formula is C12H6ClN3O4. The molecule has 0 saturated heterocycles. The smallest absolute Gasteiger partial charge is 0.364 e. The summed E-state index contributed by atoms with van der Waals surface area (Å²) in [7, 11) is 0. The second-order valence-electron chi connectivity index (χ2n) is 3.95. The fraction of sp³-hybridized carbons (Fsp3) is 0. The number of hydrogen-bond donors (Lipinski definition) is 2. The Morgan fingerprint density at radius 3 is 2.45 bits per heavy atom. The molecule has 0 fully saturated rings. The Balaban J connectivity index is 2.35. The molecule has 2 heterocycles. The van der Waals surface area contributed by atoms with Crippen LogP contribution in [0.4, 0.5) is 0 Å². The van der Waals surface area contributed by atoms with Crippen molar-refractivity contribution in [3.8, 4) is 11.5 Å². The summed E-state index contributed by atoms with van der Waals surface area (Å²) in [5.74, 6) is -0.0308. The molecule has 0 unspecified atom stereocenters. The third kappa shape index (κ3) is 2.04. The van der Waals surface area contributed by atoms with E-state index in [0.29, 0.717) is 10.6 Å². The first-order valence-electron chi connectivity index (χ1n) is 5.48. The van der Waals surface area contributed by atoms with E-state index in [1.54, 1.807) is 24.3 Å². The van der Waals surface area contributed by atoms with Crippen molar-refractivity contribution in [2.45, 2.75) is 0 Å². The Morgan fingerprint density at radius 1 is 1.05 bits per heavy atom. The number of aromatic nitrogens is 3. The molecule has 100 valence electrons. The van der Waals surface area contributed by atoms with E-state index in [2.05, 4.69) is 9.97 Å². The van der Waals surface area contributed by atoms with Crippen LogP contribution >= 0.6 is 11.6 Å². The molecule has 0 radical (unpaired) electrons. The van der Waals surface area contributed by atoms with E-state index in [0.717, 1.165) is 0 Å². The highest BCUT2D eigenvalue weighted by Crippen LogP contribution is 2.19.